The molecule has 76 valence electrons. The lowest BCUT2D eigenvalue weighted by molar-refractivity contribution is 0.110. The second-order valence-corrected chi connectivity index (χ2v) is 3.04. The van der Waals surface area contributed by atoms with Gasteiger partial charge in [0.15, 0.2) is 6.29 Å². The van der Waals surface area contributed by atoms with E-state index in [1.807, 2.05) is 0 Å². The molecule has 0 amide bonds. The first-order valence-corrected chi connectivity index (χ1v) is 4.43. The highest BCUT2D eigenvalue weighted by molar-refractivity contribution is 6.17. The number of carbonyl (C=O) groups excluding carboxylic acids is 1. The molecule has 0 radical (unpaired) electrons. The molecule has 14 heavy (non-hydrogen) atoms. The summed E-state index contributed by atoms with van der Waals surface area (Å²) in [5, 5.41) is 0. The van der Waals surface area contributed by atoms with Crippen LogP contribution in [0.1, 0.15) is 33.7 Å². The third kappa shape index (κ3) is 2.07. The van der Waals surface area contributed by atoms with Crippen molar-refractivity contribution in [1.82, 2.24) is 4.98 Å². The summed E-state index contributed by atoms with van der Waals surface area (Å²) >= 11 is 5.50. The number of pyridine rings is 1. The molecule has 0 aliphatic heterocycles. The summed E-state index contributed by atoms with van der Waals surface area (Å²) in [6.45, 7) is 1.62. The standard InChI is InChI=1S/C9H8ClF2NO/c1-5-2-6(3-10)8(9(11)12)7(4-14)13-5/h2,4,9H,3H2,1H3. The van der Waals surface area contributed by atoms with Gasteiger partial charge in [0, 0.05) is 11.6 Å². The van der Waals surface area contributed by atoms with E-state index in [0.29, 0.717) is 12.0 Å². The number of aromatic nitrogens is 1. The average Bonchev–Trinajstić information content (AvgIpc) is 2.15. The maximum absolute atomic E-state index is 12.5. The van der Waals surface area contributed by atoms with E-state index in [2.05, 4.69) is 4.98 Å². The van der Waals surface area contributed by atoms with E-state index < -0.39 is 6.43 Å². The Bertz CT molecular complexity index is 355. The van der Waals surface area contributed by atoms with Crippen molar-refractivity contribution in [2.75, 3.05) is 0 Å². The lowest BCUT2D eigenvalue weighted by atomic mass is 10.1. The van der Waals surface area contributed by atoms with Crippen molar-refractivity contribution in [1.29, 1.82) is 0 Å². The number of hydrogen-bond acceptors (Lipinski definition) is 2. The van der Waals surface area contributed by atoms with Gasteiger partial charge in [0.2, 0.25) is 0 Å². The van der Waals surface area contributed by atoms with E-state index in [1.165, 1.54) is 6.07 Å². The minimum absolute atomic E-state index is 0.0517. The van der Waals surface area contributed by atoms with E-state index in [0.717, 1.165) is 0 Å². The summed E-state index contributed by atoms with van der Waals surface area (Å²) in [7, 11) is 0. The van der Waals surface area contributed by atoms with Gasteiger partial charge >= 0.3 is 0 Å². The smallest absolute Gasteiger partial charge is 0.266 e. The van der Waals surface area contributed by atoms with Gasteiger partial charge in [-0.2, -0.15) is 0 Å². The molecule has 1 aromatic heterocycles. The minimum atomic E-state index is -2.72. The molecule has 0 saturated carbocycles. The van der Waals surface area contributed by atoms with Crippen LogP contribution in [-0.4, -0.2) is 11.3 Å². The van der Waals surface area contributed by atoms with Crippen LogP contribution in [0, 0.1) is 6.92 Å². The molecule has 0 saturated heterocycles. The maximum Gasteiger partial charge on any atom is 0.266 e. The predicted molar refractivity (Wildman–Crippen MR) is 48.9 cm³/mol. The predicted octanol–water partition coefficient (Wildman–Crippen LogP) is 2.88. The zero-order chi connectivity index (χ0) is 10.7. The summed E-state index contributed by atoms with van der Waals surface area (Å²) in [5.41, 5.74) is 0.180. The molecule has 0 atom stereocenters. The van der Waals surface area contributed by atoms with Crippen LogP contribution >= 0.6 is 11.6 Å². The molecule has 0 aliphatic carbocycles. The Balaban J connectivity index is 3.40. The van der Waals surface area contributed by atoms with Gasteiger partial charge in [-0.1, -0.05) is 0 Å². The number of aldehydes is 1. The van der Waals surface area contributed by atoms with E-state index >= 15 is 0 Å². The lowest BCUT2D eigenvalue weighted by Gasteiger charge is -2.09. The molecule has 1 rings (SSSR count). The molecular formula is C9H8ClF2NO. The Labute approximate surface area is 84.9 Å². The van der Waals surface area contributed by atoms with Crippen molar-refractivity contribution in [2.24, 2.45) is 0 Å². The van der Waals surface area contributed by atoms with Gasteiger partial charge in [0.1, 0.15) is 5.69 Å². The number of hydrogen-bond donors (Lipinski definition) is 0. The van der Waals surface area contributed by atoms with E-state index in [-0.39, 0.29) is 22.7 Å². The topological polar surface area (TPSA) is 30.0 Å². The van der Waals surface area contributed by atoms with Crippen LogP contribution in [0.4, 0.5) is 8.78 Å². The first kappa shape index (κ1) is 11.0. The average molecular weight is 220 g/mol. The highest BCUT2D eigenvalue weighted by Crippen LogP contribution is 2.26. The van der Waals surface area contributed by atoms with Crippen molar-refractivity contribution in [2.45, 2.75) is 19.2 Å². The Hall–Kier alpha value is -1.03. The molecule has 0 bridgehead atoms. The molecule has 2 nitrogen and oxygen atoms in total. The zero-order valence-corrected chi connectivity index (χ0v) is 8.18. The quantitative estimate of drug-likeness (QED) is 0.578. The van der Waals surface area contributed by atoms with Crippen LogP contribution in [0.5, 0.6) is 0 Å². The summed E-state index contributed by atoms with van der Waals surface area (Å²) in [4.78, 5) is 14.2. The second-order valence-electron chi connectivity index (χ2n) is 2.77. The summed E-state index contributed by atoms with van der Waals surface area (Å²) in [6.07, 6.45) is -2.40. The van der Waals surface area contributed by atoms with Crippen LogP contribution in [-0.2, 0) is 5.88 Å². The first-order chi connectivity index (χ1) is 6.60. The molecule has 0 N–H and O–H groups in total. The number of rotatable bonds is 3. The fourth-order valence-corrected chi connectivity index (χ4v) is 1.45. The van der Waals surface area contributed by atoms with Gasteiger partial charge in [-0.05, 0) is 18.6 Å². The number of alkyl halides is 3. The van der Waals surface area contributed by atoms with Crippen LogP contribution < -0.4 is 0 Å². The molecule has 1 heterocycles. The van der Waals surface area contributed by atoms with Crippen molar-refractivity contribution in [3.8, 4) is 0 Å². The summed E-state index contributed by atoms with van der Waals surface area (Å²) < 4.78 is 25.1. The summed E-state index contributed by atoms with van der Waals surface area (Å²) in [6, 6.07) is 1.46. The molecule has 5 heteroatoms. The number of nitrogens with zero attached hydrogens (tertiary/aromatic N) is 1. The Morgan fingerprint density at radius 3 is 2.71 bits per heavy atom. The Morgan fingerprint density at radius 2 is 2.29 bits per heavy atom. The normalized spacial score (nSPS) is 10.6. The largest absolute Gasteiger partial charge is 0.296 e. The van der Waals surface area contributed by atoms with Gasteiger partial charge < -0.3 is 0 Å². The molecule has 0 spiro atoms. The zero-order valence-electron chi connectivity index (χ0n) is 7.43. The Morgan fingerprint density at radius 1 is 1.64 bits per heavy atom. The highest BCUT2D eigenvalue weighted by atomic mass is 35.5. The Kier molecular flexibility index (Phi) is 3.52. The van der Waals surface area contributed by atoms with Gasteiger partial charge in [-0.15, -0.1) is 11.6 Å². The second kappa shape index (κ2) is 4.46. The summed E-state index contributed by atoms with van der Waals surface area (Å²) in [5.74, 6) is -0.0517. The van der Waals surface area contributed by atoms with Gasteiger partial charge in [-0.3, -0.25) is 4.79 Å². The third-order valence-electron chi connectivity index (χ3n) is 1.78. The highest BCUT2D eigenvalue weighted by Gasteiger charge is 2.18. The minimum Gasteiger partial charge on any atom is -0.296 e. The van der Waals surface area contributed by atoms with Crippen molar-refractivity contribution in [3.63, 3.8) is 0 Å². The van der Waals surface area contributed by atoms with Gasteiger partial charge in [-0.25, -0.2) is 13.8 Å². The first-order valence-electron chi connectivity index (χ1n) is 3.89. The SMILES string of the molecule is Cc1cc(CCl)c(C(F)F)c(C=O)n1. The van der Waals surface area contributed by atoms with Crippen LogP contribution in [0.25, 0.3) is 0 Å². The van der Waals surface area contributed by atoms with Crippen molar-refractivity contribution < 1.29 is 13.6 Å². The number of aryl methyl sites for hydroxylation is 1. The number of halogens is 3. The van der Waals surface area contributed by atoms with E-state index in [9.17, 15) is 13.6 Å². The van der Waals surface area contributed by atoms with Gasteiger partial charge in [0.05, 0.1) is 5.56 Å². The van der Waals surface area contributed by atoms with Gasteiger partial charge in [0.25, 0.3) is 6.43 Å². The fourth-order valence-electron chi connectivity index (χ4n) is 1.23. The molecule has 0 fully saturated rings. The van der Waals surface area contributed by atoms with Crippen LogP contribution in [0.3, 0.4) is 0 Å². The van der Waals surface area contributed by atoms with E-state index in [4.69, 9.17) is 11.6 Å². The maximum atomic E-state index is 12.5. The van der Waals surface area contributed by atoms with Crippen molar-refractivity contribution >= 4 is 17.9 Å². The molecular weight excluding hydrogens is 212 g/mol. The molecule has 0 aromatic carbocycles. The van der Waals surface area contributed by atoms with E-state index in [1.54, 1.807) is 6.92 Å². The van der Waals surface area contributed by atoms with Crippen molar-refractivity contribution in [3.05, 3.63) is 28.6 Å². The number of carbonyl (C=O) groups is 1. The molecule has 0 aliphatic rings. The molecule has 0 unspecified atom stereocenters. The van der Waals surface area contributed by atoms with Crippen LogP contribution in [0.2, 0.25) is 0 Å². The van der Waals surface area contributed by atoms with Crippen LogP contribution in [0.15, 0.2) is 6.07 Å². The monoisotopic (exact) mass is 219 g/mol. The fraction of sp³-hybridized carbons (Fsp3) is 0.333. The third-order valence-corrected chi connectivity index (χ3v) is 2.06. The lowest BCUT2D eigenvalue weighted by Crippen LogP contribution is -2.03. The molecule has 1 aromatic rings.